The van der Waals surface area contributed by atoms with Gasteiger partial charge in [0.2, 0.25) is 5.90 Å². The Morgan fingerprint density at radius 3 is 2.50 bits per heavy atom. The maximum absolute atomic E-state index is 4.75. The van der Waals surface area contributed by atoms with E-state index >= 15 is 0 Å². The molecule has 0 aliphatic carbocycles. The summed E-state index contributed by atoms with van der Waals surface area (Å²) >= 11 is 1.96. The van der Waals surface area contributed by atoms with Gasteiger partial charge in [0.25, 0.3) is 0 Å². The lowest BCUT2D eigenvalue weighted by Crippen LogP contribution is -2.04. The van der Waals surface area contributed by atoms with Crippen molar-refractivity contribution in [1.82, 2.24) is 0 Å². The normalized spacial score (nSPS) is 11.1. The van der Waals surface area contributed by atoms with Gasteiger partial charge in [-0.05, 0) is 22.6 Å². The molecule has 4 heteroatoms. The van der Waals surface area contributed by atoms with E-state index in [1.165, 1.54) is 0 Å². The highest BCUT2D eigenvalue weighted by Crippen LogP contribution is 2.02. The van der Waals surface area contributed by atoms with Crippen LogP contribution in [0.3, 0.4) is 0 Å². The van der Waals surface area contributed by atoms with Gasteiger partial charge in [0.05, 0.1) is 3.70 Å². The van der Waals surface area contributed by atoms with Crippen molar-refractivity contribution in [3.63, 3.8) is 0 Å². The summed E-state index contributed by atoms with van der Waals surface area (Å²) in [5, 5.41) is 0. The fourth-order valence-electron chi connectivity index (χ4n) is 0.197. The van der Waals surface area contributed by atoms with Crippen LogP contribution in [-0.4, -0.2) is 5.90 Å². The first-order chi connectivity index (χ1) is 3.66. The largest absolute Gasteiger partial charge is 0.396 e. The number of hydrogen-bond donors (Lipinski definition) is 1. The molecule has 0 atom stereocenters. The van der Waals surface area contributed by atoms with Crippen molar-refractivity contribution in [2.75, 3.05) is 0 Å². The van der Waals surface area contributed by atoms with Gasteiger partial charge in [-0.2, -0.15) is 5.90 Å². The van der Waals surface area contributed by atoms with Crippen LogP contribution in [0.2, 0.25) is 0 Å². The summed E-state index contributed by atoms with van der Waals surface area (Å²) in [6.45, 7) is 5.16. The maximum Gasteiger partial charge on any atom is 0.211 e. The third-order valence-electron chi connectivity index (χ3n) is 0.449. The molecule has 0 spiro atoms. The van der Waals surface area contributed by atoms with E-state index in [9.17, 15) is 0 Å². The van der Waals surface area contributed by atoms with Crippen molar-refractivity contribution in [3.8, 4) is 0 Å². The molecule has 0 unspecified atom stereocenters. The summed E-state index contributed by atoms with van der Waals surface area (Å²) in [6, 6.07) is 0. The minimum absolute atomic E-state index is 0.421. The van der Waals surface area contributed by atoms with Gasteiger partial charge < -0.3 is 4.84 Å². The average Bonchev–Trinajstić information content (AvgIpc) is 1.65. The number of rotatable bonds is 1. The van der Waals surface area contributed by atoms with Crippen LogP contribution in [0, 0.1) is 0 Å². The molecule has 0 aromatic carbocycles. The Kier molecular flexibility index (Phi) is 3.80. The molecule has 0 aromatic rings. The minimum Gasteiger partial charge on any atom is -0.396 e. The average molecular weight is 226 g/mol. The van der Waals surface area contributed by atoms with Gasteiger partial charge in [-0.25, -0.2) is 4.99 Å². The number of aliphatic imine (C=N–C) groups is 1. The van der Waals surface area contributed by atoms with Gasteiger partial charge in [-0.3, -0.25) is 0 Å². The predicted octanol–water partition coefficient (Wildman–Crippen LogP) is 1.20. The van der Waals surface area contributed by atoms with E-state index in [0.29, 0.717) is 9.60 Å². The van der Waals surface area contributed by atoms with E-state index in [1.807, 2.05) is 22.6 Å². The Balaban J connectivity index is 3.75. The van der Waals surface area contributed by atoms with Crippen molar-refractivity contribution in [2.45, 2.75) is 6.92 Å². The molecule has 0 amide bonds. The van der Waals surface area contributed by atoms with Crippen molar-refractivity contribution in [2.24, 2.45) is 10.9 Å². The van der Waals surface area contributed by atoms with Gasteiger partial charge in [0, 0.05) is 6.92 Å². The first kappa shape index (κ1) is 7.90. The quantitative estimate of drug-likeness (QED) is 0.240. The van der Waals surface area contributed by atoms with Crippen LogP contribution in [0.15, 0.2) is 15.3 Å². The fourth-order valence-corrected chi connectivity index (χ4v) is 0.537. The molecule has 0 radical (unpaired) electrons. The molecule has 0 aliphatic heterocycles. The Hall–Kier alpha value is -0.100. The SMILES string of the molecule is C=C(I)/N=C(/C)ON. The molecular weight excluding hydrogens is 219 g/mol. The molecule has 46 valence electrons. The van der Waals surface area contributed by atoms with Crippen molar-refractivity contribution < 1.29 is 4.84 Å². The lowest BCUT2D eigenvalue weighted by Gasteiger charge is -1.92. The lowest BCUT2D eigenvalue weighted by atomic mass is 10.8. The number of nitrogens with zero attached hydrogens (tertiary/aromatic N) is 1. The van der Waals surface area contributed by atoms with Gasteiger partial charge in [-0.15, -0.1) is 0 Å². The molecule has 2 N–H and O–H groups in total. The lowest BCUT2D eigenvalue weighted by molar-refractivity contribution is 0.318. The number of halogens is 1. The van der Waals surface area contributed by atoms with E-state index < -0.39 is 0 Å². The minimum atomic E-state index is 0.421. The summed E-state index contributed by atoms with van der Waals surface area (Å²) in [5.41, 5.74) is 0. The van der Waals surface area contributed by atoms with Crippen LogP contribution < -0.4 is 5.90 Å². The van der Waals surface area contributed by atoms with E-state index in [2.05, 4.69) is 16.4 Å². The molecule has 0 fully saturated rings. The zero-order valence-electron chi connectivity index (χ0n) is 4.52. The molecule has 0 saturated carbocycles. The van der Waals surface area contributed by atoms with Crippen LogP contribution in [0.25, 0.3) is 0 Å². The number of nitrogens with two attached hydrogens (primary N) is 1. The molecule has 0 aromatic heterocycles. The highest BCUT2D eigenvalue weighted by Gasteiger charge is 1.84. The highest BCUT2D eigenvalue weighted by atomic mass is 127. The molecule has 8 heavy (non-hydrogen) atoms. The van der Waals surface area contributed by atoms with Gasteiger partial charge in [-0.1, -0.05) is 6.58 Å². The van der Waals surface area contributed by atoms with Crippen LogP contribution in [0.1, 0.15) is 6.92 Å². The van der Waals surface area contributed by atoms with Gasteiger partial charge in [0.15, 0.2) is 0 Å². The fraction of sp³-hybridized carbons (Fsp3) is 0.250. The van der Waals surface area contributed by atoms with Gasteiger partial charge >= 0.3 is 0 Å². The highest BCUT2D eigenvalue weighted by molar-refractivity contribution is 14.1. The summed E-state index contributed by atoms with van der Waals surface area (Å²) < 4.78 is 0.658. The van der Waals surface area contributed by atoms with E-state index in [0.717, 1.165) is 0 Å². The van der Waals surface area contributed by atoms with Crippen molar-refractivity contribution in [1.29, 1.82) is 0 Å². The Morgan fingerprint density at radius 1 is 1.88 bits per heavy atom. The van der Waals surface area contributed by atoms with E-state index in [-0.39, 0.29) is 0 Å². The van der Waals surface area contributed by atoms with Crippen LogP contribution >= 0.6 is 22.6 Å². The molecule has 0 saturated heterocycles. The molecule has 3 nitrogen and oxygen atoms in total. The summed E-state index contributed by atoms with van der Waals surface area (Å²) in [7, 11) is 0. The van der Waals surface area contributed by atoms with Gasteiger partial charge in [0.1, 0.15) is 0 Å². The first-order valence-corrected chi connectivity index (χ1v) is 3.01. The standard InChI is InChI=1S/C4H7IN2O/c1-3(5)7-4(2)8-6/h1,6H2,2H3/b7-4-. The predicted molar refractivity (Wildman–Crippen MR) is 41.5 cm³/mol. The first-order valence-electron chi connectivity index (χ1n) is 1.93. The van der Waals surface area contributed by atoms with E-state index in [4.69, 9.17) is 5.90 Å². The molecule has 0 heterocycles. The van der Waals surface area contributed by atoms with E-state index in [1.54, 1.807) is 6.92 Å². The van der Waals surface area contributed by atoms with Crippen molar-refractivity contribution in [3.05, 3.63) is 10.3 Å². The topological polar surface area (TPSA) is 47.6 Å². The van der Waals surface area contributed by atoms with Crippen LogP contribution in [-0.2, 0) is 4.84 Å². The second kappa shape index (κ2) is 3.85. The summed E-state index contributed by atoms with van der Waals surface area (Å²) in [6.07, 6.45) is 0. The van der Waals surface area contributed by atoms with Crippen LogP contribution in [0.5, 0.6) is 0 Å². The molecule has 0 rings (SSSR count). The van der Waals surface area contributed by atoms with Crippen LogP contribution in [0.4, 0.5) is 0 Å². The zero-order chi connectivity index (χ0) is 6.57. The Labute approximate surface area is 61.7 Å². The Morgan fingerprint density at radius 2 is 2.38 bits per heavy atom. The molecule has 0 bridgehead atoms. The van der Waals surface area contributed by atoms with Crippen molar-refractivity contribution >= 4 is 28.5 Å². The third-order valence-corrected chi connectivity index (χ3v) is 0.691. The Bertz CT molecular complexity index is 121. The monoisotopic (exact) mass is 226 g/mol. The number of hydrogen-bond acceptors (Lipinski definition) is 3. The zero-order valence-corrected chi connectivity index (χ0v) is 6.68. The molecular formula is C4H7IN2O. The summed E-state index contributed by atoms with van der Waals surface area (Å²) in [4.78, 5) is 8.00. The smallest absolute Gasteiger partial charge is 0.211 e. The molecule has 0 aliphatic rings. The second-order valence-corrected chi connectivity index (χ2v) is 2.37. The summed E-state index contributed by atoms with van der Waals surface area (Å²) in [5.74, 6) is 5.17. The second-order valence-electron chi connectivity index (χ2n) is 1.12. The maximum atomic E-state index is 4.75. The third kappa shape index (κ3) is 4.07.